The van der Waals surface area contributed by atoms with Gasteiger partial charge in [-0.2, -0.15) is 0 Å². The number of benzene rings is 1. The van der Waals surface area contributed by atoms with E-state index in [1.165, 1.54) is 57.3 Å². The van der Waals surface area contributed by atoms with E-state index in [2.05, 4.69) is 17.0 Å². The average Bonchev–Trinajstić information content (AvgIpc) is 2.33. The summed E-state index contributed by atoms with van der Waals surface area (Å²) in [6.07, 6.45) is 6.64. The van der Waals surface area contributed by atoms with Crippen molar-refractivity contribution in [1.82, 2.24) is 4.90 Å². The second kappa shape index (κ2) is 6.27. The first kappa shape index (κ1) is 11.9. The van der Waals surface area contributed by atoms with Crippen molar-refractivity contribution in [2.45, 2.75) is 32.1 Å². The molecule has 1 nitrogen and oxygen atoms in total. The molecule has 0 N–H and O–H groups in total. The van der Waals surface area contributed by atoms with Gasteiger partial charge in [0.25, 0.3) is 0 Å². The summed E-state index contributed by atoms with van der Waals surface area (Å²) in [5.74, 6) is 0. The number of halogens is 1. The van der Waals surface area contributed by atoms with E-state index in [0.717, 1.165) is 5.02 Å². The second-order valence-electron chi connectivity index (χ2n) is 4.63. The van der Waals surface area contributed by atoms with E-state index in [-0.39, 0.29) is 0 Å². The quantitative estimate of drug-likeness (QED) is 0.771. The van der Waals surface area contributed by atoms with Gasteiger partial charge in [0.05, 0.1) is 0 Å². The Morgan fingerprint density at radius 2 is 1.69 bits per heavy atom. The van der Waals surface area contributed by atoms with Crippen molar-refractivity contribution >= 4 is 11.6 Å². The number of piperidine rings is 1. The fourth-order valence-corrected chi connectivity index (χ4v) is 2.47. The Bertz CT molecular complexity index is 301. The third kappa shape index (κ3) is 3.80. The molecule has 0 amide bonds. The van der Waals surface area contributed by atoms with E-state index >= 15 is 0 Å². The predicted molar refractivity (Wildman–Crippen MR) is 70.1 cm³/mol. The Morgan fingerprint density at radius 1 is 1.00 bits per heavy atom. The van der Waals surface area contributed by atoms with Crippen LogP contribution in [0.15, 0.2) is 24.3 Å². The summed E-state index contributed by atoms with van der Waals surface area (Å²) in [6.45, 7) is 3.86. The fraction of sp³-hybridized carbons (Fsp3) is 0.571. The molecule has 1 saturated heterocycles. The van der Waals surface area contributed by atoms with Crippen LogP contribution >= 0.6 is 11.6 Å². The van der Waals surface area contributed by atoms with Gasteiger partial charge >= 0.3 is 0 Å². The normalized spacial score (nSPS) is 17.6. The van der Waals surface area contributed by atoms with Crippen LogP contribution in [0, 0.1) is 0 Å². The molecule has 1 aliphatic rings. The summed E-state index contributed by atoms with van der Waals surface area (Å²) in [5, 5.41) is 0.833. The molecule has 88 valence electrons. The van der Waals surface area contributed by atoms with Crippen molar-refractivity contribution < 1.29 is 0 Å². The van der Waals surface area contributed by atoms with Crippen LogP contribution in [0.3, 0.4) is 0 Å². The van der Waals surface area contributed by atoms with Crippen molar-refractivity contribution in [3.8, 4) is 0 Å². The van der Waals surface area contributed by atoms with Gasteiger partial charge in [0, 0.05) is 5.02 Å². The van der Waals surface area contributed by atoms with Gasteiger partial charge in [-0.05, 0) is 63.0 Å². The lowest BCUT2D eigenvalue weighted by Crippen LogP contribution is -2.30. The average molecular weight is 238 g/mol. The smallest absolute Gasteiger partial charge is 0.0406 e. The zero-order chi connectivity index (χ0) is 11.2. The topological polar surface area (TPSA) is 3.24 Å². The Hall–Kier alpha value is -0.530. The molecule has 1 fully saturated rings. The van der Waals surface area contributed by atoms with Crippen LogP contribution < -0.4 is 0 Å². The highest BCUT2D eigenvalue weighted by molar-refractivity contribution is 6.30. The molecule has 1 aromatic carbocycles. The number of likely N-dealkylation sites (tertiary alicyclic amines) is 1. The number of nitrogens with zero attached hydrogens (tertiary/aromatic N) is 1. The number of rotatable bonds is 4. The zero-order valence-corrected chi connectivity index (χ0v) is 10.5. The zero-order valence-electron chi connectivity index (χ0n) is 9.79. The van der Waals surface area contributed by atoms with Crippen LogP contribution in [0.5, 0.6) is 0 Å². The highest BCUT2D eigenvalue weighted by Gasteiger charge is 2.08. The van der Waals surface area contributed by atoms with E-state index in [1.54, 1.807) is 0 Å². The van der Waals surface area contributed by atoms with Crippen molar-refractivity contribution in [2.24, 2.45) is 0 Å². The lowest BCUT2D eigenvalue weighted by molar-refractivity contribution is 0.226. The largest absolute Gasteiger partial charge is 0.303 e. The third-order valence-corrected chi connectivity index (χ3v) is 3.55. The minimum atomic E-state index is 0.833. The molecule has 0 aromatic heterocycles. The maximum Gasteiger partial charge on any atom is 0.0406 e. The maximum atomic E-state index is 5.86. The van der Waals surface area contributed by atoms with Crippen molar-refractivity contribution in [1.29, 1.82) is 0 Å². The van der Waals surface area contributed by atoms with Gasteiger partial charge < -0.3 is 4.90 Å². The highest BCUT2D eigenvalue weighted by Crippen LogP contribution is 2.13. The van der Waals surface area contributed by atoms with Gasteiger partial charge in [0.2, 0.25) is 0 Å². The lowest BCUT2D eigenvalue weighted by atomic mass is 10.1. The SMILES string of the molecule is Clc1ccc(CCCN2CCCCC2)cc1. The van der Waals surface area contributed by atoms with E-state index < -0.39 is 0 Å². The van der Waals surface area contributed by atoms with Crippen LogP contribution in [0.2, 0.25) is 5.02 Å². The van der Waals surface area contributed by atoms with Gasteiger partial charge in [-0.1, -0.05) is 30.2 Å². The molecule has 0 aliphatic carbocycles. The first-order valence-electron chi connectivity index (χ1n) is 6.31. The fourth-order valence-electron chi connectivity index (χ4n) is 2.34. The van der Waals surface area contributed by atoms with Crippen LogP contribution in [0.1, 0.15) is 31.2 Å². The Morgan fingerprint density at radius 3 is 2.38 bits per heavy atom. The Balaban J connectivity index is 1.69. The molecule has 2 rings (SSSR count). The van der Waals surface area contributed by atoms with Crippen molar-refractivity contribution in [3.05, 3.63) is 34.9 Å². The van der Waals surface area contributed by atoms with Crippen LogP contribution in [0.25, 0.3) is 0 Å². The van der Waals surface area contributed by atoms with Gasteiger partial charge in [-0.3, -0.25) is 0 Å². The monoisotopic (exact) mass is 237 g/mol. The summed E-state index contributed by atoms with van der Waals surface area (Å²) in [6, 6.07) is 8.24. The standard InChI is InChI=1S/C14H20ClN/c15-14-8-6-13(7-9-14)5-4-12-16-10-2-1-3-11-16/h6-9H,1-5,10-12H2. The lowest BCUT2D eigenvalue weighted by Gasteiger charge is -2.26. The molecule has 1 heterocycles. The summed E-state index contributed by atoms with van der Waals surface area (Å²) in [5.41, 5.74) is 1.40. The number of hydrogen-bond acceptors (Lipinski definition) is 1. The first-order valence-corrected chi connectivity index (χ1v) is 6.69. The van der Waals surface area contributed by atoms with Crippen LogP contribution in [-0.2, 0) is 6.42 Å². The predicted octanol–water partition coefficient (Wildman–Crippen LogP) is 3.76. The molecule has 1 aliphatic heterocycles. The highest BCUT2D eigenvalue weighted by atomic mass is 35.5. The van der Waals surface area contributed by atoms with Gasteiger partial charge in [-0.25, -0.2) is 0 Å². The Kier molecular flexibility index (Phi) is 4.68. The summed E-state index contributed by atoms with van der Waals surface area (Å²) in [4.78, 5) is 2.60. The van der Waals surface area contributed by atoms with Crippen LogP contribution in [0.4, 0.5) is 0 Å². The van der Waals surface area contributed by atoms with E-state index in [9.17, 15) is 0 Å². The summed E-state index contributed by atoms with van der Waals surface area (Å²) >= 11 is 5.86. The minimum absolute atomic E-state index is 0.833. The van der Waals surface area contributed by atoms with Crippen molar-refractivity contribution in [3.63, 3.8) is 0 Å². The Labute approximate surface area is 103 Å². The van der Waals surface area contributed by atoms with Crippen LogP contribution in [-0.4, -0.2) is 24.5 Å². The maximum absolute atomic E-state index is 5.86. The molecule has 16 heavy (non-hydrogen) atoms. The molecule has 1 aromatic rings. The number of aryl methyl sites for hydroxylation is 1. The molecular weight excluding hydrogens is 218 g/mol. The molecule has 0 radical (unpaired) electrons. The minimum Gasteiger partial charge on any atom is -0.303 e. The van der Waals surface area contributed by atoms with Crippen molar-refractivity contribution in [2.75, 3.05) is 19.6 Å². The molecular formula is C14H20ClN. The van der Waals surface area contributed by atoms with E-state index in [0.29, 0.717) is 0 Å². The molecule has 2 heteroatoms. The molecule has 0 atom stereocenters. The summed E-state index contributed by atoms with van der Waals surface area (Å²) < 4.78 is 0. The molecule has 0 saturated carbocycles. The first-order chi connectivity index (χ1) is 7.84. The summed E-state index contributed by atoms with van der Waals surface area (Å²) in [7, 11) is 0. The van der Waals surface area contributed by atoms with Gasteiger partial charge in [-0.15, -0.1) is 0 Å². The van der Waals surface area contributed by atoms with Gasteiger partial charge in [0.15, 0.2) is 0 Å². The number of hydrogen-bond donors (Lipinski definition) is 0. The molecule has 0 spiro atoms. The molecule has 0 bridgehead atoms. The molecule has 0 unspecified atom stereocenters. The third-order valence-electron chi connectivity index (χ3n) is 3.30. The van der Waals surface area contributed by atoms with Gasteiger partial charge in [0.1, 0.15) is 0 Å². The van der Waals surface area contributed by atoms with E-state index in [4.69, 9.17) is 11.6 Å². The second-order valence-corrected chi connectivity index (χ2v) is 5.07. The van der Waals surface area contributed by atoms with E-state index in [1.807, 2.05) is 12.1 Å².